The first-order chi connectivity index (χ1) is 15.9. The van der Waals surface area contributed by atoms with E-state index in [2.05, 4.69) is 66.7 Å². The van der Waals surface area contributed by atoms with E-state index in [0.29, 0.717) is 11.8 Å². The number of allylic oxidation sites excluding steroid dienone is 2. The van der Waals surface area contributed by atoms with E-state index < -0.39 is 0 Å². The van der Waals surface area contributed by atoms with Crippen molar-refractivity contribution in [1.82, 2.24) is 0 Å². The molecule has 2 aromatic rings. The van der Waals surface area contributed by atoms with E-state index in [1.807, 2.05) is 0 Å². The topological polar surface area (TPSA) is 13.7 Å². The smallest absolute Gasteiger partial charge is 0.267 e. The van der Waals surface area contributed by atoms with Gasteiger partial charge in [0.15, 0.2) is 0 Å². The van der Waals surface area contributed by atoms with Crippen molar-refractivity contribution < 1.29 is 9.64 Å². The van der Waals surface area contributed by atoms with E-state index in [1.54, 1.807) is 16.0 Å². The molecule has 166 valence electrons. The molecule has 2 aromatic carbocycles. The summed E-state index contributed by atoms with van der Waals surface area (Å²) >= 11 is 0. The molecule has 0 amide bonds. The molecule has 2 heteroatoms. The second-order valence-corrected chi connectivity index (χ2v) is 10.3. The lowest BCUT2D eigenvalue weighted by Crippen LogP contribution is -3.20. The molecular weight excluding hydrogens is 390 g/mol. The minimum absolute atomic E-state index is 0.193. The zero-order chi connectivity index (χ0) is 21.4. The average molecular weight is 427 g/mol. The second-order valence-electron chi connectivity index (χ2n) is 10.3. The molecule has 2 fully saturated rings. The number of fused-ring (bicyclic) bond motifs is 1. The van der Waals surface area contributed by atoms with Crippen molar-refractivity contribution in [3.8, 4) is 0 Å². The maximum Gasteiger partial charge on any atom is 0.267 e. The monoisotopic (exact) mass is 426 g/mol. The average Bonchev–Trinajstić information content (AvgIpc) is 3.40. The lowest BCUT2D eigenvalue weighted by atomic mass is 9.63. The Kier molecular flexibility index (Phi) is 5.43. The van der Waals surface area contributed by atoms with Gasteiger partial charge in [-0.1, -0.05) is 60.7 Å². The number of hydrogen-bond acceptors (Lipinski definition) is 1. The minimum Gasteiger partial charge on any atom is -0.441 e. The molecule has 2 nitrogen and oxygen atoms in total. The van der Waals surface area contributed by atoms with Crippen LogP contribution in [0.25, 0.3) is 6.08 Å². The van der Waals surface area contributed by atoms with Crippen LogP contribution < -0.4 is 4.90 Å². The van der Waals surface area contributed by atoms with Crippen molar-refractivity contribution in [1.29, 1.82) is 0 Å². The summed E-state index contributed by atoms with van der Waals surface area (Å²) in [5, 5.41) is 0. The number of hydrogen-bond donors (Lipinski definition) is 1. The van der Waals surface area contributed by atoms with Crippen LogP contribution in [0.15, 0.2) is 77.6 Å². The van der Waals surface area contributed by atoms with Crippen molar-refractivity contribution in [2.45, 2.75) is 69.4 Å². The standard InChI is InChI=1S/C30H35NO/c1-3-12-23(13-4-1)22-25-16-11-18-27-29(24-14-5-2-6-15-24)26-17-7-8-19-28(26)32-30(25,27)31-20-9-10-21-31/h1-6,12-15,22,27,29H,7-11,16-21H2/p+1/b25-22+/t27-,29+,30-/m0/s1. The summed E-state index contributed by atoms with van der Waals surface area (Å²) in [7, 11) is 0. The maximum absolute atomic E-state index is 7.38. The summed E-state index contributed by atoms with van der Waals surface area (Å²) in [6.07, 6.45) is 13.8. The van der Waals surface area contributed by atoms with Crippen LogP contribution in [0.5, 0.6) is 0 Å². The summed E-state index contributed by atoms with van der Waals surface area (Å²) in [5.74, 6) is 2.38. The van der Waals surface area contributed by atoms with Crippen molar-refractivity contribution >= 4 is 6.08 Å². The molecule has 0 bridgehead atoms. The molecule has 32 heavy (non-hydrogen) atoms. The lowest BCUT2D eigenvalue weighted by molar-refractivity contribution is -0.967. The first kappa shape index (κ1) is 20.3. The molecule has 0 aromatic heterocycles. The molecule has 1 saturated heterocycles. The SMILES string of the molecule is C(=C1/CCC[C@H]2[C@H](c3ccccc3)C3=C(CCCC3)O[C@@]12[NH+]1CCCC1)/c1ccccc1. The Morgan fingerprint density at radius 2 is 1.50 bits per heavy atom. The van der Waals surface area contributed by atoms with Crippen LogP contribution in [0.2, 0.25) is 0 Å². The van der Waals surface area contributed by atoms with Crippen molar-refractivity contribution in [3.63, 3.8) is 0 Å². The molecule has 0 spiro atoms. The molecule has 0 radical (unpaired) electrons. The van der Waals surface area contributed by atoms with Crippen molar-refractivity contribution in [2.24, 2.45) is 5.92 Å². The summed E-state index contributed by atoms with van der Waals surface area (Å²) in [6.45, 7) is 2.49. The van der Waals surface area contributed by atoms with Gasteiger partial charge in [-0.3, -0.25) is 4.90 Å². The lowest BCUT2D eigenvalue weighted by Gasteiger charge is -2.54. The summed E-state index contributed by atoms with van der Waals surface area (Å²) in [5.41, 5.74) is 5.82. The number of nitrogens with one attached hydrogen (secondary N) is 1. The zero-order valence-electron chi connectivity index (χ0n) is 19.2. The highest BCUT2D eigenvalue weighted by atomic mass is 16.5. The molecular formula is C30H36NO+. The van der Waals surface area contributed by atoms with Gasteiger partial charge in [0, 0.05) is 30.8 Å². The van der Waals surface area contributed by atoms with Crippen LogP contribution in [0.3, 0.4) is 0 Å². The molecule has 2 aliphatic heterocycles. The van der Waals surface area contributed by atoms with E-state index >= 15 is 0 Å². The largest absolute Gasteiger partial charge is 0.441 e. The predicted molar refractivity (Wildman–Crippen MR) is 130 cm³/mol. The molecule has 3 atom stereocenters. The number of ether oxygens (including phenoxy) is 1. The Morgan fingerprint density at radius 3 is 2.28 bits per heavy atom. The summed E-state index contributed by atoms with van der Waals surface area (Å²) in [6, 6.07) is 22.4. The zero-order valence-corrected chi connectivity index (χ0v) is 19.2. The highest BCUT2D eigenvalue weighted by Gasteiger charge is 2.61. The van der Waals surface area contributed by atoms with Gasteiger partial charge in [0.2, 0.25) is 0 Å². The van der Waals surface area contributed by atoms with Gasteiger partial charge in [-0.05, 0) is 61.3 Å². The molecule has 0 unspecified atom stereocenters. The van der Waals surface area contributed by atoms with Gasteiger partial charge in [0.25, 0.3) is 5.72 Å². The Hall–Kier alpha value is -2.32. The maximum atomic E-state index is 7.38. The van der Waals surface area contributed by atoms with Gasteiger partial charge < -0.3 is 4.74 Å². The summed E-state index contributed by atoms with van der Waals surface area (Å²) < 4.78 is 7.38. The van der Waals surface area contributed by atoms with Gasteiger partial charge in [-0.2, -0.15) is 0 Å². The highest BCUT2D eigenvalue weighted by molar-refractivity contribution is 5.56. The Bertz CT molecular complexity index is 1000. The number of benzene rings is 2. The van der Waals surface area contributed by atoms with Crippen LogP contribution in [0.1, 0.15) is 74.8 Å². The van der Waals surface area contributed by atoms with E-state index in [9.17, 15) is 0 Å². The Morgan fingerprint density at radius 1 is 0.781 bits per heavy atom. The third kappa shape index (κ3) is 3.35. The summed E-state index contributed by atoms with van der Waals surface area (Å²) in [4.78, 5) is 1.70. The highest BCUT2D eigenvalue weighted by Crippen LogP contribution is 2.55. The van der Waals surface area contributed by atoms with E-state index in [-0.39, 0.29) is 5.72 Å². The molecule has 2 aliphatic carbocycles. The third-order valence-corrected chi connectivity index (χ3v) is 8.51. The number of rotatable bonds is 3. The fourth-order valence-corrected chi connectivity index (χ4v) is 7.22. The van der Waals surface area contributed by atoms with Gasteiger partial charge in [-0.25, -0.2) is 0 Å². The van der Waals surface area contributed by atoms with E-state index in [0.717, 1.165) is 6.42 Å². The first-order valence-corrected chi connectivity index (χ1v) is 12.9. The van der Waals surface area contributed by atoms with Crippen LogP contribution in [-0.4, -0.2) is 18.8 Å². The molecule has 6 rings (SSSR count). The van der Waals surface area contributed by atoms with Gasteiger partial charge in [0.1, 0.15) is 5.76 Å². The number of likely N-dealkylation sites (tertiary alicyclic amines) is 1. The molecule has 2 heterocycles. The fourth-order valence-electron chi connectivity index (χ4n) is 7.22. The van der Waals surface area contributed by atoms with E-state index in [1.165, 1.54) is 81.3 Å². The molecule has 4 aliphatic rings. The minimum atomic E-state index is -0.193. The fraction of sp³-hybridized carbons (Fsp3) is 0.467. The van der Waals surface area contributed by atoms with Crippen molar-refractivity contribution in [2.75, 3.05) is 13.1 Å². The van der Waals surface area contributed by atoms with E-state index in [4.69, 9.17) is 4.74 Å². The predicted octanol–water partition coefficient (Wildman–Crippen LogP) is 5.89. The van der Waals surface area contributed by atoms with Crippen LogP contribution in [0.4, 0.5) is 0 Å². The van der Waals surface area contributed by atoms with Gasteiger partial charge in [0.05, 0.1) is 19.0 Å². The third-order valence-electron chi connectivity index (χ3n) is 8.51. The Balaban J connectivity index is 1.55. The Labute approximate surface area is 193 Å². The van der Waals surface area contributed by atoms with Gasteiger partial charge >= 0.3 is 0 Å². The number of quaternary nitrogens is 1. The second kappa shape index (κ2) is 8.56. The quantitative estimate of drug-likeness (QED) is 0.646. The molecule has 1 N–H and O–H groups in total. The van der Waals surface area contributed by atoms with Crippen LogP contribution in [-0.2, 0) is 4.74 Å². The molecule has 1 saturated carbocycles. The van der Waals surface area contributed by atoms with Crippen LogP contribution in [0, 0.1) is 5.92 Å². The normalized spacial score (nSPS) is 31.8. The first-order valence-electron chi connectivity index (χ1n) is 12.9. The van der Waals surface area contributed by atoms with Crippen LogP contribution >= 0.6 is 0 Å². The van der Waals surface area contributed by atoms with Gasteiger partial charge in [-0.15, -0.1) is 0 Å². The van der Waals surface area contributed by atoms with Crippen molar-refractivity contribution in [3.05, 3.63) is 88.7 Å².